The average Bonchev–Trinajstić information content (AvgIpc) is 2.80. The molecule has 3 amide bonds. The first-order valence-electron chi connectivity index (χ1n) is 7.65. The molecule has 1 saturated heterocycles. The van der Waals surface area contributed by atoms with E-state index >= 15 is 0 Å². The molecule has 0 bridgehead atoms. The van der Waals surface area contributed by atoms with Gasteiger partial charge in [0.15, 0.2) is 0 Å². The van der Waals surface area contributed by atoms with E-state index in [0.29, 0.717) is 26.1 Å². The average molecular weight is 303 g/mol. The minimum Gasteiger partial charge on any atom is -0.447 e. The number of para-hydroxylation sites is 1. The van der Waals surface area contributed by atoms with Crippen LogP contribution in [0, 0.1) is 0 Å². The number of benzene rings is 1. The molecule has 3 rings (SSSR count). The van der Waals surface area contributed by atoms with Crippen LogP contribution in [0.1, 0.15) is 25.8 Å². The summed E-state index contributed by atoms with van der Waals surface area (Å²) in [5.74, 6) is 0. The molecule has 2 aliphatic rings. The van der Waals surface area contributed by atoms with Gasteiger partial charge in [-0.2, -0.15) is 0 Å². The summed E-state index contributed by atoms with van der Waals surface area (Å²) in [4.78, 5) is 27.9. The van der Waals surface area contributed by atoms with Gasteiger partial charge < -0.3 is 15.0 Å². The third-order valence-electron chi connectivity index (χ3n) is 4.01. The fourth-order valence-electron chi connectivity index (χ4n) is 2.95. The Balaban J connectivity index is 1.91. The molecule has 2 heterocycles. The zero-order chi connectivity index (χ0) is 15.7. The second-order valence-electron chi connectivity index (χ2n) is 6.04. The highest BCUT2D eigenvalue weighted by Crippen LogP contribution is 2.31. The Morgan fingerprint density at radius 3 is 2.91 bits per heavy atom. The number of ether oxygens (including phenoxy) is 1. The van der Waals surface area contributed by atoms with Crippen LogP contribution in [0.25, 0.3) is 0 Å². The number of nitrogens with one attached hydrogen (secondary N) is 1. The van der Waals surface area contributed by atoms with E-state index in [1.165, 1.54) is 0 Å². The van der Waals surface area contributed by atoms with Crippen molar-refractivity contribution in [1.29, 1.82) is 0 Å². The van der Waals surface area contributed by atoms with E-state index in [1.807, 2.05) is 38.1 Å². The molecule has 0 unspecified atom stereocenters. The zero-order valence-electron chi connectivity index (χ0n) is 12.9. The maximum atomic E-state index is 12.3. The molecule has 1 N–H and O–H groups in total. The predicted octanol–water partition coefficient (Wildman–Crippen LogP) is 2.34. The summed E-state index contributed by atoms with van der Waals surface area (Å²) in [6.07, 6.45) is 0.420. The number of fused-ring (bicyclic) bond motifs is 3. The van der Waals surface area contributed by atoms with Crippen molar-refractivity contribution in [3.05, 3.63) is 29.8 Å². The minimum atomic E-state index is -0.294. The van der Waals surface area contributed by atoms with Gasteiger partial charge >= 0.3 is 12.1 Å². The normalized spacial score (nSPS) is 20.9. The van der Waals surface area contributed by atoms with Gasteiger partial charge in [-0.05, 0) is 31.9 Å². The van der Waals surface area contributed by atoms with Gasteiger partial charge in [0.2, 0.25) is 0 Å². The Morgan fingerprint density at radius 1 is 1.36 bits per heavy atom. The van der Waals surface area contributed by atoms with Crippen molar-refractivity contribution in [2.45, 2.75) is 38.9 Å². The molecule has 6 nitrogen and oxygen atoms in total. The smallest absolute Gasteiger partial charge is 0.414 e. The summed E-state index contributed by atoms with van der Waals surface area (Å²) in [6, 6.07) is 7.72. The Labute approximate surface area is 130 Å². The molecule has 0 radical (unpaired) electrons. The molecule has 1 aromatic rings. The molecule has 1 aromatic carbocycles. The molecule has 118 valence electrons. The maximum Gasteiger partial charge on any atom is 0.414 e. The summed E-state index contributed by atoms with van der Waals surface area (Å²) < 4.78 is 5.20. The van der Waals surface area contributed by atoms with Gasteiger partial charge in [-0.1, -0.05) is 18.2 Å². The Hall–Kier alpha value is -2.24. The van der Waals surface area contributed by atoms with Crippen LogP contribution in [0.3, 0.4) is 0 Å². The molecular formula is C16H21N3O3. The van der Waals surface area contributed by atoms with Crippen molar-refractivity contribution in [2.24, 2.45) is 0 Å². The third-order valence-corrected chi connectivity index (χ3v) is 4.01. The number of carbonyl (C=O) groups excluding carboxylic acids is 2. The van der Waals surface area contributed by atoms with Gasteiger partial charge in [-0.25, -0.2) is 9.59 Å². The first kappa shape index (κ1) is 14.7. The van der Waals surface area contributed by atoms with Crippen molar-refractivity contribution >= 4 is 17.8 Å². The van der Waals surface area contributed by atoms with Crippen molar-refractivity contribution in [3.63, 3.8) is 0 Å². The highest BCUT2D eigenvalue weighted by Gasteiger charge is 2.37. The minimum absolute atomic E-state index is 0.0108. The number of hydrogen-bond donors (Lipinski definition) is 1. The van der Waals surface area contributed by atoms with Crippen LogP contribution in [0.2, 0.25) is 0 Å². The standard InChI is InChI=1S/C16H21N3O3/c1-11(2)17-15(20)18-8-7-13-10-22-16(21)19(13)14-6-4-3-5-12(14)9-18/h3-6,11,13H,7-10H2,1-2H3,(H,17,20)/t13-/m0/s1. The zero-order valence-corrected chi connectivity index (χ0v) is 12.9. The van der Waals surface area contributed by atoms with Crippen LogP contribution in [0.5, 0.6) is 0 Å². The summed E-state index contributed by atoms with van der Waals surface area (Å²) in [5, 5.41) is 2.94. The fourth-order valence-corrected chi connectivity index (χ4v) is 2.95. The lowest BCUT2D eigenvalue weighted by atomic mass is 10.1. The Kier molecular flexibility index (Phi) is 3.92. The maximum absolute atomic E-state index is 12.3. The van der Waals surface area contributed by atoms with Crippen LogP contribution in [0.15, 0.2) is 24.3 Å². The first-order chi connectivity index (χ1) is 10.6. The SMILES string of the molecule is CC(C)NC(=O)N1CC[C@H]2COC(=O)N2c2ccccc2C1. The number of amides is 3. The number of cyclic esters (lactones) is 1. The number of hydrogen-bond acceptors (Lipinski definition) is 3. The molecule has 22 heavy (non-hydrogen) atoms. The summed E-state index contributed by atoms with van der Waals surface area (Å²) in [5.41, 5.74) is 1.81. The van der Waals surface area contributed by atoms with Crippen molar-refractivity contribution in [3.8, 4) is 0 Å². The Morgan fingerprint density at radius 2 is 2.14 bits per heavy atom. The molecule has 0 saturated carbocycles. The van der Waals surface area contributed by atoms with E-state index in [2.05, 4.69) is 5.32 Å². The molecule has 6 heteroatoms. The second-order valence-corrected chi connectivity index (χ2v) is 6.04. The molecule has 1 atom stereocenters. The van der Waals surface area contributed by atoms with E-state index in [-0.39, 0.29) is 24.2 Å². The van der Waals surface area contributed by atoms with Gasteiger partial charge in [0.25, 0.3) is 0 Å². The van der Waals surface area contributed by atoms with E-state index < -0.39 is 0 Å². The predicted molar refractivity (Wildman–Crippen MR) is 82.8 cm³/mol. The molecule has 1 fully saturated rings. The van der Waals surface area contributed by atoms with Gasteiger partial charge in [-0.15, -0.1) is 0 Å². The summed E-state index contributed by atoms with van der Waals surface area (Å²) in [6.45, 7) is 5.37. The van der Waals surface area contributed by atoms with Gasteiger partial charge in [0.05, 0.1) is 11.7 Å². The Bertz CT molecular complexity index is 588. The summed E-state index contributed by atoms with van der Waals surface area (Å²) >= 11 is 0. The number of carbonyl (C=O) groups is 2. The van der Waals surface area contributed by atoms with Gasteiger partial charge in [-0.3, -0.25) is 4.90 Å². The number of rotatable bonds is 1. The number of urea groups is 1. The summed E-state index contributed by atoms with van der Waals surface area (Å²) in [7, 11) is 0. The second kappa shape index (κ2) is 5.87. The molecule has 0 aliphatic carbocycles. The van der Waals surface area contributed by atoms with E-state index in [9.17, 15) is 9.59 Å². The van der Waals surface area contributed by atoms with Crippen molar-refractivity contribution in [1.82, 2.24) is 10.2 Å². The van der Waals surface area contributed by atoms with Crippen LogP contribution in [0.4, 0.5) is 15.3 Å². The highest BCUT2D eigenvalue weighted by atomic mass is 16.6. The molecule has 0 aromatic heterocycles. The third kappa shape index (κ3) is 2.73. The lowest BCUT2D eigenvalue weighted by molar-refractivity contribution is 0.176. The largest absolute Gasteiger partial charge is 0.447 e. The molecule has 2 aliphatic heterocycles. The molecular weight excluding hydrogens is 282 g/mol. The van der Waals surface area contributed by atoms with Crippen LogP contribution in [-0.2, 0) is 11.3 Å². The topological polar surface area (TPSA) is 61.9 Å². The monoisotopic (exact) mass is 303 g/mol. The lowest BCUT2D eigenvalue weighted by Crippen LogP contribution is -2.46. The highest BCUT2D eigenvalue weighted by molar-refractivity contribution is 5.91. The van der Waals surface area contributed by atoms with E-state index in [0.717, 1.165) is 11.3 Å². The van der Waals surface area contributed by atoms with E-state index in [1.54, 1.807) is 9.80 Å². The number of anilines is 1. The van der Waals surface area contributed by atoms with Crippen molar-refractivity contribution in [2.75, 3.05) is 18.1 Å². The fraction of sp³-hybridized carbons (Fsp3) is 0.500. The number of nitrogens with zero attached hydrogens (tertiary/aromatic N) is 2. The van der Waals surface area contributed by atoms with Crippen LogP contribution in [-0.4, -0.2) is 42.3 Å². The lowest BCUT2D eigenvalue weighted by Gasteiger charge is -2.32. The van der Waals surface area contributed by atoms with E-state index in [4.69, 9.17) is 4.74 Å². The van der Waals surface area contributed by atoms with Crippen LogP contribution < -0.4 is 10.2 Å². The van der Waals surface area contributed by atoms with Crippen LogP contribution >= 0.6 is 0 Å². The van der Waals surface area contributed by atoms with Gasteiger partial charge in [0.1, 0.15) is 6.61 Å². The quantitative estimate of drug-likeness (QED) is 0.866. The van der Waals surface area contributed by atoms with Gasteiger partial charge in [0, 0.05) is 19.1 Å². The molecule has 0 spiro atoms. The first-order valence-corrected chi connectivity index (χ1v) is 7.65. The van der Waals surface area contributed by atoms with Crippen molar-refractivity contribution < 1.29 is 14.3 Å².